The highest BCUT2D eigenvalue weighted by Crippen LogP contribution is 2.36. The molecule has 7 nitrogen and oxygen atoms in total. The first-order valence-electron chi connectivity index (χ1n) is 9.44. The first kappa shape index (κ1) is 18.6. The van der Waals surface area contributed by atoms with Gasteiger partial charge in [0.2, 0.25) is 5.91 Å². The molecule has 0 unspecified atom stereocenters. The summed E-state index contributed by atoms with van der Waals surface area (Å²) in [4.78, 5) is 14.1. The fourth-order valence-electron chi connectivity index (χ4n) is 4.20. The molecule has 26 heavy (non-hydrogen) atoms. The highest BCUT2D eigenvalue weighted by atomic mass is 16.2. The average Bonchev–Trinajstić information content (AvgIpc) is 3.25. The summed E-state index contributed by atoms with van der Waals surface area (Å²) in [5, 5.41) is 12.5. The second kappa shape index (κ2) is 7.61. The lowest BCUT2D eigenvalue weighted by Crippen LogP contribution is -2.29. The van der Waals surface area contributed by atoms with Gasteiger partial charge in [0.15, 0.2) is 0 Å². The zero-order valence-corrected chi connectivity index (χ0v) is 16.5. The molecule has 1 aliphatic heterocycles. The predicted molar refractivity (Wildman–Crippen MR) is 100 cm³/mol. The largest absolute Gasteiger partial charge is 0.338 e. The van der Waals surface area contributed by atoms with E-state index < -0.39 is 0 Å². The van der Waals surface area contributed by atoms with E-state index in [1.165, 1.54) is 17.0 Å². The monoisotopic (exact) mass is 358 g/mol. The minimum Gasteiger partial charge on any atom is -0.338 e. The van der Waals surface area contributed by atoms with E-state index in [0.29, 0.717) is 6.42 Å². The second-order valence-corrected chi connectivity index (χ2v) is 7.19. The Labute approximate surface area is 155 Å². The maximum atomic E-state index is 12.3. The van der Waals surface area contributed by atoms with Crippen LogP contribution in [0.4, 0.5) is 0 Å². The van der Waals surface area contributed by atoms with E-state index in [0.717, 1.165) is 31.5 Å². The van der Waals surface area contributed by atoms with Gasteiger partial charge in [-0.15, -0.1) is 0 Å². The fourth-order valence-corrected chi connectivity index (χ4v) is 4.20. The smallest absolute Gasteiger partial charge is 0.223 e. The molecule has 1 amide bonds. The Kier molecular flexibility index (Phi) is 5.46. The van der Waals surface area contributed by atoms with Crippen LogP contribution < -0.4 is 5.32 Å². The fraction of sp³-hybridized carbons (Fsp3) is 0.632. The molecule has 2 aromatic heterocycles. The minimum atomic E-state index is 0.0916. The van der Waals surface area contributed by atoms with Gasteiger partial charge in [-0.2, -0.15) is 10.2 Å². The van der Waals surface area contributed by atoms with Gasteiger partial charge in [-0.25, -0.2) is 0 Å². The van der Waals surface area contributed by atoms with Crippen LogP contribution in [-0.4, -0.2) is 44.0 Å². The maximum Gasteiger partial charge on any atom is 0.223 e. The molecule has 0 spiro atoms. The van der Waals surface area contributed by atoms with E-state index in [4.69, 9.17) is 0 Å². The van der Waals surface area contributed by atoms with Gasteiger partial charge in [-0.05, 0) is 12.8 Å². The summed E-state index contributed by atoms with van der Waals surface area (Å²) in [5.41, 5.74) is 4.88. The van der Waals surface area contributed by atoms with Crippen molar-refractivity contribution >= 4 is 5.91 Å². The van der Waals surface area contributed by atoms with Gasteiger partial charge in [0.1, 0.15) is 0 Å². The molecule has 0 saturated carbocycles. The number of aromatic nitrogens is 4. The molecule has 1 fully saturated rings. The molecule has 3 rings (SSSR count). The van der Waals surface area contributed by atoms with E-state index in [2.05, 4.69) is 29.4 Å². The van der Waals surface area contributed by atoms with Crippen molar-refractivity contribution in [3.63, 3.8) is 0 Å². The summed E-state index contributed by atoms with van der Waals surface area (Å²) in [6, 6.07) is 0.0916. The zero-order chi connectivity index (χ0) is 18.8. The number of hydrogen-bond donors (Lipinski definition) is 1. The molecule has 1 aliphatic rings. The predicted octanol–water partition coefficient (Wildman–Crippen LogP) is 1.59. The van der Waals surface area contributed by atoms with Gasteiger partial charge >= 0.3 is 0 Å². The van der Waals surface area contributed by atoms with E-state index in [9.17, 15) is 4.79 Å². The third-order valence-corrected chi connectivity index (χ3v) is 5.50. The van der Waals surface area contributed by atoms with Gasteiger partial charge in [0.05, 0.1) is 17.9 Å². The van der Waals surface area contributed by atoms with Crippen molar-refractivity contribution in [2.24, 2.45) is 20.0 Å². The van der Waals surface area contributed by atoms with Gasteiger partial charge in [0, 0.05) is 69.6 Å². The lowest BCUT2D eigenvalue weighted by atomic mass is 9.95. The lowest BCUT2D eigenvalue weighted by molar-refractivity contribution is -0.127. The molecule has 2 atom stereocenters. The summed E-state index contributed by atoms with van der Waals surface area (Å²) in [6.45, 7) is 5.92. The molecular weight excluding hydrogens is 328 g/mol. The first-order chi connectivity index (χ1) is 12.5. The number of likely N-dealkylation sites (tertiary alicyclic amines) is 1. The standard InChI is InChI=1S/C19H30N6O/c1-6-16-15(17(7-2)25(5)22-16)11-20-9-13-8-18(26)24(4)19(13)14-10-21-23(3)12-14/h10,12-13,19-20H,6-9,11H2,1-5H3/t13-,19+/m0/s1. The van der Waals surface area contributed by atoms with Crippen LogP contribution in [0.25, 0.3) is 0 Å². The molecule has 0 radical (unpaired) electrons. The van der Waals surface area contributed by atoms with Gasteiger partial charge in [-0.3, -0.25) is 14.2 Å². The van der Waals surface area contributed by atoms with Crippen LogP contribution in [0.15, 0.2) is 12.4 Å². The second-order valence-electron chi connectivity index (χ2n) is 7.19. The highest BCUT2D eigenvalue weighted by Gasteiger charge is 2.38. The Bertz CT molecular complexity index is 777. The number of aryl methyl sites for hydroxylation is 3. The van der Waals surface area contributed by atoms with Crippen LogP contribution in [0.3, 0.4) is 0 Å². The molecule has 7 heteroatoms. The Morgan fingerprint density at radius 1 is 1.23 bits per heavy atom. The minimum absolute atomic E-state index is 0.0916. The molecule has 142 valence electrons. The quantitative estimate of drug-likeness (QED) is 0.816. The first-order valence-corrected chi connectivity index (χ1v) is 9.44. The molecule has 0 bridgehead atoms. The normalized spacial score (nSPS) is 20.3. The van der Waals surface area contributed by atoms with Crippen molar-refractivity contribution in [3.05, 3.63) is 34.9 Å². The Balaban J connectivity index is 1.70. The summed E-state index contributed by atoms with van der Waals surface area (Å²) in [7, 11) is 5.82. The summed E-state index contributed by atoms with van der Waals surface area (Å²) < 4.78 is 3.80. The number of hydrogen-bond acceptors (Lipinski definition) is 4. The van der Waals surface area contributed by atoms with Crippen LogP contribution in [0.1, 0.15) is 48.8 Å². The number of nitrogens with one attached hydrogen (secondary N) is 1. The molecule has 1 saturated heterocycles. The van der Waals surface area contributed by atoms with Crippen LogP contribution >= 0.6 is 0 Å². The van der Waals surface area contributed by atoms with Crippen molar-refractivity contribution < 1.29 is 4.79 Å². The SMILES string of the molecule is CCc1nn(C)c(CC)c1CNC[C@@H]1CC(=O)N(C)[C@H]1c1cnn(C)c1. The Morgan fingerprint density at radius 3 is 2.62 bits per heavy atom. The van der Waals surface area contributed by atoms with Crippen molar-refractivity contribution in [1.29, 1.82) is 0 Å². The van der Waals surface area contributed by atoms with Gasteiger partial charge < -0.3 is 10.2 Å². The van der Waals surface area contributed by atoms with Crippen molar-refractivity contribution in [2.45, 2.75) is 45.7 Å². The summed E-state index contributed by atoms with van der Waals surface area (Å²) in [5.74, 6) is 0.457. The van der Waals surface area contributed by atoms with Gasteiger partial charge in [-0.1, -0.05) is 13.8 Å². The molecular formula is C19H30N6O. The average molecular weight is 358 g/mol. The third-order valence-electron chi connectivity index (χ3n) is 5.50. The number of nitrogens with zero attached hydrogens (tertiary/aromatic N) is 5. The van der Waals surface area contributed by atoms with E-state index in [1.807, 2.05) is 43.1 Å². The van der Waals surface area contributed by atoms with Crippen LogP contribution in [0, 0.1) is 5.92 Å². The van der Waals surface area contributed by atoms with E-state index in [-0.39, 0.29) is 17.9 Å². The number of amides is 1. The van der Waals surface area contributed by atoms with Crippen molar-refractivity contribution in [2.75, 3.05) is 13.6 Å². The maximum absolute atomic E-state index is 12.3. The lowest BCUT2D eigenvalue weighted by Gasteiger charge is -2.24. The number of carbonyl (C=O) groups is 1. The molecule has 3 heterocycles. The summed E-state index contributed by atoms with van der Waals surface area (Å²) >= 11 is 0. The molecule has 0 aliphatic carbocycles. The third kappa shape index (κ3) is 3.40. The zero-order valence-electron chi connectivity index (χ0n) is 16.5. The van der Waals surface area contributed by atoms with E-state index >= 15 is 0 Å². The Morgan fingerprint density at radius 2 is 2.00 bits per heavy atom. The van der Waals surface area contributed by atoms with E-state index in [1.54, 1.807) is 4.68 Å². The van der Waals surface area contributed by atoms with Gasteiger partial charge in [0.25, 0.3) is 0 Å². The molecule has 2 aromatic rings. The van der Waals surface area contributed by atoms with Crippen LogP contribution in [-0.2, 0) is 38.3 Å². The number of carbonyl (C=O) groups excluding carboxylic acids is 1. The summed E-state index contributed by atoms with van der Waals surface area (Å²) in [6.07, 6.45) is 6.38. The molecule has 0 aromatic carbocycles. The van der Waals surface area contributed by atoms with Crippen LogP contribution in [0.2, 0.25) is 0 Å². The van der Waals surface area contributed by atoms with Crippen molar-refractivity contribution in [1.82, 2.24) is 29.8 Å². The Hall–Kier alpha value is -2.15. The highest BCUT2D eigenvalue weighted by molar-refractivity contribution is 5.79. The number of rotatable bonds is 7. The molecule has 1 N–H and O–H groups in total. The van der Waals surface area contributed by atoms with Crippen LogP contribution in [0.5, 0.6) is 0 Å². The topological polar surface area (TPSA) is 68.0 Å². The van der Waals surface area contributed by atoms with Crippen molar-refractivity contribution in [3.8, 4) is 0 Å².